The Hall–Kier alpha value is -2.49. The molecule has 0 fully saturated rings. The number of anilines is 1. The molecule has 2 rings (SSSR count). The summed E-state index contributed by atoms with van der Waals surface area (Å²) in [7, 11) is 5.57. The molecule has 0 unspecified atom stereocenters. The lowest BCUT2D eigenvalue weighted by molar-refractivity contribution is 0.100. The van der Waals surface area contributed by atoms with Crippen molar-refractivity contribution in [3.63, 3.8) is 0 Å². The first-order chi connectivity index (χ1) is 9.52. The van der Waals surface area contributed by atoms with Crippen LogP contribution in [0, 0.1) is 0 Å². The second-order valence-electron chi connectivity index (χ2n) is 4.72. The van der Waals surface area contributed by atoms with Crippen LogP contribution in [-0.2, 0) is 0 Å². The minimum absolute atomic E-state index is 0.447. The minimum Gasteiger partial charge on any atom is -0.496 e. The molecule has 0 aromatic heterocycles. The maximum Gasteiger partial charge on any atom is 0.248 e. The van der Waals surface area contributed by atoms with Gasteiger partial charge in [-0.1, -0.05) is 12.1 Å². The highest BCUT2D eigenvalue weighted by Crippen LogP contribution is 2.32. The fourth-order valence-corrected chi connectivity index (χ4v) is 2.04. The molecule has 4 heteroatoms. The quantitative estimate of drug-likeness (QED) is 0.928. The number of rotatable bonds is 4. The molecule has 2 aromatic carbocycles. The number of nitrogens with two attached hydrogens (primary N) is 1. The van der Waals surface area contributed by atoms with E-state index in [1.807, 2.05) is 43.3 Å². The molecular weight excluding hydrogens is 252 g/mol. The van der Waals surface area contributed by atoms with E-state index in [1.54, 1.807) is 25.3 Å². The van der Waals surface area contributed by atoms with Crippen molar-refractivity contribution in [1.29, 1.82) is 0 Å². The SMILES string of the molecule is COc1ccc(C(N)=O)cc1-c1cccc(N(C)C)c1. The Morgan fingerprint density at radius 2 is 1.90 bits per heavy atom. The highest BCUT2D eigenvalue weighted by molar-refractivity contribution is 5.95. The molecule has 2 N–H and O–H groups in total. The third-order valence-electron chi connectivity index (χ3n) is 3.16. The number of nitrogens with zero attached hydrogens (tertiary/aromatic N) is 1. The van der Waals surface area contributed by atoms with Gasteiger partial charge in [-0.25, -0.2) is 0 Å². The van der Waals surface area contributed by atoms with E-state index < -0.39 is 5.91 Å². The van der Waals surface area contributed by atoms with Gasteiger partial charge in [-0.3, -0.25) is 4.79 Å². The van der Waals surface area contributed by atoms with Gasteiger partial charge < -0.3 is 15.4 Å². The van der Waals surface area contributed by atoms with Crippen LogP contribution in [0.2, 0.25) is 0 Å². The van der Waals surface area contributed by atoms with Gasteiger partial charge in [0.05, 0.1) is 7.11 Å². The average molecular weight is 270 g/mol. The number of amides is 1. The molecule has 0 atom stereocenters. The van der Waals surface area contributed by atoms with Crippen molar-refractivity contribution in [1.82, 2.24) is 0 Å². The highest BCUT2D eigenvalue weighted by atomic mass is 16.5. The number of primary amides is 1. The first-order valence-corrected chi connectivity index (χ1v) is 6.28. The monoisotopic (exact) mass is 270 g/mol. The maximum absolute atomic E-state index is 11.3. The molecule has 0 saturated carbocycles. The van der Waals surface area contributed by atoms with E-state index in [9.17, 15) is 4.79 Å². The van der Waals surface area contributed by atoms with Gasteiger partial charge in [0, 0.05) is 30.9 Å². The second kappa shape index (κ2) is 5.65. The van der Waals surface area contributed by atoms with Gasteiger partial charge in [0.15, 0.2) is 0 Å². The molecule has 0 saturated heterocycles. The van der Waals surface area contributed by atoms with Gasteiger partial charge in [0.2, 0.25) is 5.91 Å². The van der Waals surface area contributed by atoms with Crippen LogP contribution >= 0.6 is 0 Å². The lowest BCUT2D eigenvalue weighted by Gasteiger charge is -2.15. The molecule has 20 heavy (non-hydrogen) atoms. The van der Waals surface area contributed by atoms with Gasteiger partial charge in [0.25, 0.3) is 0 Å². The van der Waals surface area contributed by atoms with Gasteiger partial charge >= 0.3 is 0 Å². The molecule has 0 spiro atoms. The molecule has 1 amide bonds. The topological polar surface area (TPSA) is 55.6 Å². The van der Waals surface area contributed by atoms with E-state index in [2.05, 4.69) is 0 Å². The molecule has 0 radical (unpaired) electrons. The zero-order valence-electron chi connectivity index (χ0n) is 11.9. The summed E-state index contributed by atoms with van der Waals surface area (Å²) < 4.78 is 5.37. The molecule has 104 valence electrons. The van der Waals surface area contributed by atoms with E-state index in [0.717, 1.165) is 16.8 Å². The fraction of sp³-hybridized carbons (Fsp3) is 0.188. The predicted octanol–water partition coefficient (Wildman–Crippen LogP) is 2.53. The predicted molar refractivity (Wildman–Crippen MR) is 81.3 cm³/mol. The number of hydrogen-bond donors (Lipinski definition) is 1. The number of benzene rings is 2. The molecule has 4 nitrogen and oxygen atoms in total. The Bertz CT molecular complexity index is 636. The summed E-state index contributed by atoms with van der Waals surface area (Å²) in [5.41, 5.74) is 8.73. The summed E-state index contributed by atoms with van der Waals surface area (Å²) in [5.74, 6) is 0.267. The Labute approximate surface area is 118 Å². The standard InChI is InChI=1S/C16H18N2O2/c1-18(2)13-6-4-5-11(9-13)14-10-12(16(17)19)7-8-15(14)20-3/h4-10H,1-3H3,(H2,17,19). The summed E-state index contributed by atoms with van der Waals surface area (Å²) in [4.78, 5) is 13.4. The minimum atomic E-state index is -0.447. The van der Waals surface area contributed by atoms with Crippen molar-refractivity contribution >= 4 is 11.6 Å². The molecule has 0 aliphatic heterocycles. The van der Waals surface area contributed by atoms with Gasteiger partial charge in [-0.2, -0.15) is 0 Å². The average Bonchev–Trinajstić information content (AvgIpc) is 2.46. The van der Waals surface area contributed by atoms with Crippen LogP contribution in [0.1, 0.15) is 10.4 Å². The molecule has 0 heterocycles. The Morgan fingerprint density at radius 1 is 1.15 bits per heavy atom. The molecular formula is C16H18N2O2. The summed E-state index contributed by atoms with van der Waals surface area (Å²) in [6.45, 7) is 0. The first-order valence-electron chi connectivity index (χ1n) is 6.28. The molecule has 2 aromatic rings. The largest absolute Gasteiger partial charge is 0.496 e. The number of methoxy groups -OCH3 is 1. The number of ether oxygens (including phenoxy) is 1. The molecule has 0 aliphatic carbocycles. The number of carbonyl (C=O) groups excluding carboxylic acids is 1. The third kappa shape index (κ3) is 2.74. The molecule has 0 bridgehead atoms. The smallest absolute Gasteiger partial charge is 0.248 e. The zero-order valence-corrected chi connectivity index (χ0v) is 11.9. The first kappa shape index (κ1) is 13.9. The van der Waals surface area contributed by atoms with Crippen molar-refractivity contribution in [3.8, 4) is 16.9 Å². The maximum atomic E-state index is 11.3. The summed E-state index contributed by atoms with van der Waals surface area (Å²) in [6.07, 6.45) is 0. The van der Waals surface area contributed by atoms with Crippen molar-refractivity contribution < 1.29 is 9.53 Å². The van der Waals surface area contributed by atoms with Crippen LogP contribution in [0.4, 0.5) is 5.69 Å². The normalized spacial score (nSPS) is 10.2. The van der Waals surface area contributed by atoms with Crippen molar-refractivity contribution in [2.45, 2.75) is 0 Å². The Balaban J connectivity index is 2.57. The second-order valence-corrected chi connectivity index (χ2v) is 4.72. The molecule has 0 aliphatic rings. The highest BCUT2D eigenvalue weighted by Gasteiger charge is 2.10. The van der Waals surface area contributed by atoms with Crippen molar-refractivity contribution in [2.24, 2.45) is 5.73 Å². The summed E-state index contributed by atoms with van der Waals surface area (Å²) in [5, 5.41) is 0. The number of hydrogen-bond acceptors (Lipinski definition) is 3. The Kier molecular flexibility index (Phi) is 3.94. The van der Waals surface area contributed by atoms with Crippen LogP contribution in [-0.4, -0.2) is 27.1 Å². The van der Waals surface area contributed by atoms with Gasteiger partial charge in [-0.05, 0) is 35.9 Å². The summed E-state index contributed by atoms with van der Waals surface area (Å²) in [6, 6.07) is 13.2. The fourth-order valence-electron chi connectivity index (χ4n) is 2.04. The Morgan fingerprint density at radius 3 is 2.50 bits per heavy atom. The van der Waals surface area contributed by atoms with Gasteiger partial charge in [0.1, 0.15) is 5.75 Å². The van der Waals surface area contributed by atoms with Gasteiger partial charge in [-0.15, -0.1) is 0 Å². The zero-order chi connectivity index (χ0) is 14.7. The van der Waals surface area contributed by atoms with E-state index in [1.165, 1.54) is 0 Å². The van der Waals surface area contributed by atoms with E-state index >= 15 is 0 Å². The third-order valence-corrected chi connectivity index (χ3v) is 3.16. The summed E-state index contributed by atoms with van der Waals surface area (Å²) >= 11 is 0. The van der Waals surface area contributed by atoms with Crippen LogP contribution < -0.4 is 15.4 Å². The van der Waals surface area contributed by atoms with Crippen molar-refractivity contribution in [3.05, 3.63) is 48.0 Å². The van der Waals surface area contributed by atoms with Crippen LogP contribution in [0.3, 0.4) is 0 Å². The van der Waals surface area contributed by atoms with Crippen molar-refractivity contribution in [2.75, 3.05) is 26.1 Å². The van der Waals surface area contributed by atoms with E-state index in [-0.39, 0.29) is 0 Å². The van der Waals surface area contributed by atoms with Crippen LogP contribution in [0.15, 0.2) is 42.5 Å². The van der Waals surface area contributed by atoms with E-state index in [0.29, 0.717) is 11.3 Å². The lowest BCUT2D eigenvalue weighted by Crippen LogP contribution is -2.11. The van der Waals surface area contributed by atoms with E-state index in [4.69, 9.17) is 10.5 Å². The van der Waals surface area contributed by atoms with Crippen LogP contribution in [0.5, 0.6) is 5.75 Å². The number of carbonyl (C=O) groups is 1. The van der Waals surface area contributed by atoms with Crippen LogP contribution in [0.25, 0.3) is 11.1 Å². The lowest BCUT2D eigenvalue weighted by atomic mass is 10.0.